The first-order chi connectivity index (χ1) is 7.17. The summed E-state index contributed by atoms with van der Waals surface area (Å²) in [5.41, 5.74) is 4.06. The van der Waals surface area contributed by atoms with Gasteiger partial charge < -0.3 is 4.74 Å². The largest absolute Gasteiger partial charge is 0.494 e. The summed E-state index contributed by atoms with van der Waals surface area (Å²) in [6.07, 6.45) is 0.295. The number of carbonyl (C=O) groups is 1. The molecule has 1 amide bonds. The molecule has 0 atom stereocenters. The number of hydrogen-bond donors (Lipinski definition) is 2. The van der Waals surface area contributed by atoms with Gasteiger partial charge in [-0.3, -0.25) is 10.2 Å². The van der Waals surface area contributed by atoms with Crippen LogP contribution in [0, 0.1) is 6.92 Å². The Balaban J connectivity index is 2.77. The Morgan fingerprint density at radius 3 is 2.80 bits per heavy atom. The fraction of sp³-hybridized carbons (Fsp3) is 0.364. The second-order valence-corrected chi connectivity index (χ2v) is 3.28. The van der Waals surface area contributed by atoms with Crippen molar-refractivity contribution in [1.82, 2.24) is 5.43 Å². The third-order valence-electron chi connectivity index (χ3n) is 2.06. The minimum absolute atomic E-state index is 0.196. The van der Waals surface area contributed by atoms with Crippen molar-refractivity contribution in [2.45, 2.75) is 20.3 Å². The Morgan fingerprint density at radius 2 is 2.27 bits per heavy atom. The van der Waals surface area contributed by atoms with Crippen molar-refractivity contribution < 1.29 is 9.53 Å². The second kappa shape index (κ2) is 5.36. The first-order valence-corrected chi connectivity index (χ1v) is 4.89. The Bertz CT molecular complexity index is 350. The van der Waals surface area contributed by atoms with Crippen LogP contribution in [0.25, 0.3) is 0 Å². The predicted octanol–water partition coefficient (Wildman–Crippen LogP) is 0.926. The summed E-state index contributed by atoms with van der Waals surface area (Å²) in [6.45, 7) is 4.54. The van der Waals surface area contributed by atoms with Crippen LogP contribution in [0.15, 0.2) is 18.2 Å². The number of ether oxygens (including phenoxy) is 1. The second-order valence-electron chi connectivity index (χ2n) is 3.28. The van der Waals surface area contributed by atoms with E-state index in [2.05, 4.69) is 5.43 Å². The average molecular weight is 208 g/mol. The number of amides is 1. The van der Waals surface area contributed by atoms with E-state index in [4.69, 9.17) is 10.6 Å². The van der Waals surface area contributed by atoms with Gasteiger partial charge in [0.15, 0.2) is 0 Å². The van der Waals surface area contributed by atoms with Crippen LogP contribution in [0.4, 0.5) is 0 Å². The van der Waals surface area contributed by atoms with Crippen molar-refractivity contribution in [3.8, 4) is 5.75 Å². The molecule has 1 aromatic carbocycles. The molecule has 1 rings (SSSR count). The lowest BCUT2D eigenvalue weighted by Gasteiger charge is -2.08. The minimum Gasteiger partial charge on any atom is -0.494 e. The smallest absolute Gasteiger partial charge is 0.238 e. The summed E-state index contributed by atoms with van der Waals surface area (Å²) in [5.74, 6) is 5.67. The number of nitrogens with two attached hydrogens (primary N) is 1. The highest BCUT2D eigenvalue weighted by Crippen LogP contribution is 2.19. The van der Waals surface area contributed by atoms with E-state index in [1.54, 1.807) is 0 Å². The van der Waals surface area contributed by atoms with Gasteiger partial charge in [0.25, 0.3) is 0 Å². The van der Waals surface area contributed by atoms with Crippen LogP contribution in [-0.4, -0.2) is 12.5 Å². The van der Waals surface area contributed by atoms with Crippen LogP contribution in [-0.2, 0) is 11.2 Å². The van der Waals surface area contributed by atoms with Crippen molar-refractivity contribution in [1.29, 1.82) is 0 Å². The molecule has 0 aromatic heterocycles. The Hall–Kier alpha value is -1.55. The Kier molecular flexibility index (Phi) is 4.12. The lowest BCUT2D eigenvalue weighted by atomic mass is 10.1. The molecule has 1 aromatic rings. The van der Waals surface area contributed by atoms with Crippen molar-refractivity contribution in [2.75, 3.05) is 6.61 Å². The Morgan fingerprint density at radius 1 is 1.53 bits per heavy atom. The molecule has 0 heterocycles. The molecule has 0 aliphatic heterocycles. The predicted molar refractivity (Wildman–Crippen MR) is 58.4 cm³/mol. The molecular weight excluding hydrogens is 192 g/mol. The van der Waals surface area contributed by atoms with Crippen molar-refractivity contribution in [3.05, 3.63) is 29.3 Å². The molecule has 0 spiro atoms. The molecule has 0 saturated heterocycles. The number of aryl methyl sites for hydroxylation is 1. The lowest BCUT2D eigenvalue weighted by molar-refractivity contribution is -0.120. The van der Waals surface area contributed by atoms with Gasteiger partial charge in [0.05, 0.1) is 13.0 Å². The first-order valence-electron chi connectivity index (χ1n) is 4.89. The first kappa shape index (κ1) is 11.5. The summed E-state index contributed by atoms with van der Waals surface area (Å²) in [5, 5.41) is 0. The molecule has 0 radical (unpaired) electrons. The molecule has 0 unspecified atom stereocenters. The molecule has 15 heavy (non-hydrogen) atoms. The van der Waals surface area contributed by atoms with Gasteiger partial charge in [-0.2, -0.15) is 0 Å². The zero-order chi connectivity index (χ0) is 11.3. The quantitative estimate of drug-likeness (QED) is 0.439. The maximum atomic E-state index is 11.0. The van der Waals surface area contributed by atoms with Gasteiger partial charge in [-0.05, 0) is 31.0 Å². The standard InChI is InChI=1S/C11H16N2O2/c1-3-15-10-5-4-9(6-8(10)2)7-11(14)13-12/h4-6H,3,7,12H2,1-2H3,(H,13,14). The molecule has 0 aliphatic rings. The normalized spacial score (nSPS) is 9.80. The third-order valence-corrected chi connectivity index (χ3v) is 2.06. The molecule has 0 saturated carbocycles. The van der Waals surface area contributed by atoms with E-state index >= 15 is 0 Å². The zero-order valence-electron chi connectivity index (χ0n) is 9.04. The summed E-state index contributed by atoms with van der Waals surface area (Å²) in [4.78, 5) is 11.0. The fourth-order valence-corrected chi connectivity index (χ4v) is 1.38. The third kappa shape index (κ3) is 3.25. The van der Waals surface area contributed by atoms with E-state index in [9.17, 15) is 4.79 Å². The lowest BCUT2D eigenvalue weighted by Crippen LogP contribution is -2.31. The van der Waals surface area contributed by atoms with E-state index in [1.807, 2.05) is 32.0 Å². The summed E-state index contributed by atoms with van der Waals surface area (Å²) >= 11 is 0. The number of rotatable bonds is 4. The average Bonchev–Trinajstić information content (AvgIpc) is 2.22. The van der Waals surface area contributed by atoms with E-state index in [0.717, 1.165) is 16.9 Å². The molecular formula is C11H16N2O2. The highest BCUT2D eigenvalue weighted by atomic mass is 16.5. The maximum Gasteiger partial charge on any atom is 0.238 e. The SMILES string of the molecule is CCOc1ccc(CC(=O)NN)cc1C. The van der Waals surface area contributed by atoms with Gasteiger partial charge in [0.1, 0.15) is 5.75 Å². The molecule has 4 nitrogen and oxygen atoms in total. The van der Waals surface area contributed by atoms with Crippen LogP contribution in [0.2, 0.25) is 0 Å². The molecule has 0 aliphatic carbocycles. The summed E-state index contributed by atoms with van der Waals surface area (Å²) < 4.78 is 5.40. The van der Waals surface area contributed by atoms with Gasteiger partial charge in [-0.1, -0.05) is 12.1 Å². The van der Waals surface area contributed by atoms with E-state index in [1.165, 1.54) is 0 Å². The van der Waals surface area contributed by atoms with Gasteiger partial charge in [0, 0.05) is 0 Å². The van der Waals surface area contributed by atoms with Crippen LogP contribution in [0.1, 0.15) is 18.1 Å². The van der Waals surface area contributed by atoms with E-state index in [-0.39, 0.29) is 5.91 Å². The monoisotopic (exact) mass is 208 g/mol. The van der Waals surface area contributed by atoms with Crippen molar-refractivity contribution in [2.24, 2.45) is 5.84 Å². The molecule has 3 N–H and O–H groups in total. The van der Waals surface area contributed by atoms with Crippen LogP contribution < -0.4 is 16.0 Å². The van der Waals surface area contributed by atoms with E-state index < -0.39 is 0 Å². The van der Waals surface area contributed by atoms with E-state index in [0.29, 0.717) is 13.0 Å². The van der Waals surface area contributed by atoms with Crippen molar-refractivity contribution in [3.63, 3.8) is 0 Å². The van der Waals surface area contributed by atoms with Crippen molar-refractivity contribution >= 4 is 5.91 Å². The van der Waals surface area contributed by atoms with Crippen LogP contribution >= 0.6 is 0 Å². The molecule has 4 heteroatoms. The number of hydrazine groups is 1. The number of hydrogen-bond acceptors (Lipinski definition) is 3. The minimum atomic E-state index is -0.196. The zero-order valence-corrected chi connectivity index (χ0v) is 9.04. The maximum absolute atomic E-state index is 11.0. The molecule has 0 bridgehead atoms. The van der Waals surface area contributed by atoms with Crippen LogP contribution in [0.5, 0.6) is 5.75 Å². The summed E-state index contributed by atoms with van der Waals surface area (Å²) in [6, 6.07) is 5.67. The molecule has 0 fully saturated rings. The number of nitrogens with one attached hydrogen (secondary N) is 1. The van der Waals surface area contributed by atoms with Gasteiger partial charge >= 0.3 is 0 Å². The van der Waals surface area contributed by atoms with Gasteiger partial charge in [-0.25, -0.2) is 5.84 Å². The number of carbonyl (C=O) groups excluding carboxylic acids is 1. The summed E-state index contributed by atoms with van der Waals surface area (Å²) in [7, 11) is 0. The highest BCUT2D eigenvalue weighted by molar-refractivity contribution is 5.78. The van der Waals surface area contributed by atoms with Gasteiger partial charge in [0.2, 0.25) is 5.91 Å². The molecule has 82 valence electrons. The fourth-order valence-electron chi connectivity index (χ4n) is 1.38. The Labute approximate surface area is 89.4 Å². The van der Waals surface area contributed by atoms with Crippen LogP contribution in [0.3, 0.4) is 0 Å². The number of benzene rings is 1. The van der Waals surface area contributed by atoms with Gasteiger partial charge in [-0.15, -0.1) is 0 Å². The highest BCUT2D eigenvalue weighted by Gasteiger charge is 2.04. The topological polar surface area (TPSA) is 64.3 Å².